The molecular formula is C10H16N4OS. The van der Waals surface area contributed by atoms with E-state index in [1.54, 1.807) is 5.51 Å². The van der Waals surface area contributed by atoms with Crippen molar-refractivity contribution in [3.05, 3.63) is 5.51 Å². The van der Waals surface area contributed by atoms with E-state index in [4.69, 9.17) is 0 Å². The zero-order valence-corrected chi connectivity index (χ0v) is 10.1. The van der Waals surface area contributed by atoms with E-state index in [9.17, 15) is 4.79 Å². The van der Waals surface area contributed by atoms with Crippen LogP contribution in [0.15, 0.2) is 5.51 Å². The van der Waals surface area contributed by atoms with Crippen molar-refractivity contribution in [1.82, 2.24) is 15.5 Å². The van der Waals surface area contributed by atoms with E-state index < -0.39 is 0 Å². The van der Waals surface area contributed by atoms with Gasteiger partial charge in [-0.3, -0.25) is 4.79 Å². The van der Waals surface area contributed by atoms with E-state index in [1.807, 2.05) is 0 Å². The second kappa shape index (κ2) is 4.88. The van der Waals surface area contributed by atoms with Gasteiger partial charge in [-0.15, -0.1) is 10.2 Å². The van der Waals surface area contributed by atoms with Gasteiger partial charge in [0.2, 0.25) is 11.0 Å². The van der Waals surface area contributed by atoms with E-state index in [2.05, 4.69) is 27.8 Å². The molecule has 1 atom stereocenters. The fourth-order valence-corrected chi connectivity index (χ4v) is 2.64. The van der Waals surface area contributed by atoms with Crippen molar-refractivity contribution in [2.75, 3.05) is 18.4 Å². The molecule has 1 fully saturated rings. The molecule has 16 heavy (non-hydrogen) atoms. The first-order chi connectivity index (χ1) is 7.77. The largest absolute Gasteiger partial charge is 0.316 e. The van der Waals surface area contributed by atoms with E-state index in [0.717, 1.165) is 32.4 Å². The minimum absolute atomic E-state index is 0.0797. The number of carbonyl (C=O) groups excluding carboxylic acids is 1. The summed E-state index contributed by atoms with van der Waals surface area (Å²) in [4.78, 5) is 12.2. The highest BCUT2D eigenvalue weighted by molar-refractivity contribution is 7.13. The fourth-order valence-electron chi connectivity index (χ4n) is 2.20. The van der Waals surface area contributed by atoms with Gasteiger partial charge in [0.15, 0.2) is 0 Å². The Morgan fingerprint density at radius 1 is 1.75 bits per heavy atom. The molecule has 1 unspecified atom stereocenters. The average Bonchev–Trinajstić information content (AvgIpc) is 2.89. The molecule has 5 nitrogen and oxygen atoms in total. The molecule has 0 bridgehead atoms. The summed E-state index contributed by atoms with van der Waals surface area (Å²) in [6.45, 7) is 3.80. The first-order valence-electron chi connectivity index (χ1n) is 5.55. The molecule has 1 saturated heterocycles. The number of anilines is 1. The maximum Gasteiger partial charge on any atom is 0.233 e. The summed E-state index contributed by atoms with van der Waals surface area (Å²) in [6, 6.07) is 0. The molecule has 2 heterocycles. The molecule has 0 radical (unpaired) electrons. The van der Waals surface area contributed by atoms with Crippen LogP contribution in [0.1, 0.15) is 26.2 Å². The summed E-state index contributed by atoms with van der Waals surface area (Å²) in [6.07, 6.45) is 2.85. The Morgan fingerprint density at radius 2 is 2.62 bits per heavy atom. The van der Waals surface area contributed by atoms with Crippen LogP contribution in [-0.2, 0) is 4.79 Å². The number of amides is 1. The van der Waals surface area contributed by atoms with Gasteiger partial charge in [0.25, 0.3) is 0 Å². The number of hydrogen-bond donors (Lipinski definition) is 2. The topological polar surface area (TPSA) is 66.9 Å². The van der Waals surface area contributed by atoms with Gasteiger partial charge in [-0.25, -0.2) is 0 Å². The van der Waals surface area contributed by atoms with Crippen molar-refractivity contribution in [3.63, 3.8) is 0 Å². The van der Waals surface area contributed by atoms with Crippen LogP contribution in [0.4, 0.5) is 5.13 Å². The quantitative estimate of drug-likeness (QED) is 0.831. The molecule has 1 amide bonds. The van der Waals surface area contributed by atoms with Crippen LogP contribution in [-0.4, -0.2) is 29.2 Å². The Balaban J connectivity index is 2.05. The average molecular weight is 240 g/mol. The standard InChI is InChI=1S/C10H16N4OS/c1-2-3-10(4-5-11-6-10)8(15)13-9-14-12-7-16-9/h7,11H,2-6H2,1H3,(H,13,14,15). The third-order valence-corrected chi connectivity index (χ3v) is 3.64. The van der Waals surface area contributed by atoms with Gasteiger partial charge >= 0.3 is 0 Å². The van der Waals surface area contributed by atoms with E-state index >= 15 is 0 Å². The maximum absolute atomic E-state index is 12.2. The van der Waals surface area contributed by atoms with Crippen LogP contribution in [0.2, 0.25) is 0 Å². The lowest BCUT2D eigenvalue weighted by atomic mass is 9.81. The minimum Gasteiger partial charge on any atom is -0.316 e. The molecule has 0 spiro atoms. The van der Waals surface area contributed by atoms with Gasteiger partial charge in [-0.2, -0.15) is 0 Å². The number of hydrogen-bond acceptors (Lipinski definition) is 5. The normalized spacial score (nSPS) is 24.6. The van der Waals surface area contributed by atoms with Crippen molar-refractivity contribution in [1.29, 1.82) is 0 Å². The Labute approximate surface area is 98.7 Å². The van der Waals surface area contributed by atoms with Crippen LogP contribution in [0.3, 0.4) is 0 Å². The molecule has 88 valence electrons. The first-order valence-corrected chi connectivity index (χ1v) is 6.43. The Morgan fingerprint density at radius 3 is 3.19 bits per heavy atom. The molecular weight excluding hydrogens is 224 g/mol. The predicted octanol–water partition coefficient (Wildman–Crippen LogP) is 1.26. The molecule has 1 aliphatic heterocycles. The maximum atomic E-state index is 12.2. The number of carbonyl (C=O) groups is 1. The van der Waals surface area contributed by atoms with Gasteiger partial charge in [-0.05, 0) is 19.4 Å². The van der Waals surface area contributed by atoms with Gasteiger partial charge in [0.1, 0.15) is 5.51 Å². The van der Waals surface area contributed by atoms with Crippen LogP contribution in [0.5, 0.6) is 0 Å². The van der Waals surface area contributed by atoms with E-state index in [-0.39, 0.29) is 11.3 Å². The summed E-state index contributed by atoms with van der Waals surface area (Å²) < 4.78 is 0. The smallest absolute Gasteiger partial charge is 0.233 e. The van der Waals surface area contributed by atoms with Gasteiger partial charge in [0.05, 0.1) is 5.41 Å². The fraction of sp³-hybridized carbons (Fsp3) is 0.700. The molecule has 6 heteroatoms. The second-order valence-electron chi connectivity index (χ2n) is 4.16. The second-order valence-corrected chi connectivity index (χ2v) is 4.99. The van der Waals surface area contributed by atoms with Crippen molar-refractivity contribution < 1.29 is 4.79 Å². The highest BCUT2D eigenvalue weighted by Gasteiger charge is 2.40. The first kappa shape index (κ1) is 11.5. The number of rotatable bonds is 4. The third-order valence-electron chi connectivity index (χ3n) is 3.03. The van der Waals surface area contributed by atoms with Crippen molar-refractivity contribution >= 4 is 22.4 Å². The van der Waals surface area contributed by atoms with E-state index in [1.165, 1.54) is 11.3 Å². The molecule has 1 aromatic rings. The number of aromatic nitrogens is 2. The summed E-state index contributed by atoms with van der Waals surface area (Å²) in [5, 5.41) is 14.3. The number of nitrogens with zero attached hydrogens (tertiary/aromatic N) is 2. The van der Waals surface area contributed by atoms with E-state index in [0.29, 0.717) is 5.13 Å². The monoisotopic (exact) mass is 240 g/mol. The van der Waals surface area contributed by atoms with Gasteiger partial charge < -0.3 is 10.6 Å². The number of nitrogens with one attached hydrogen (secondary N) is 2. The highest BCUT2D eigenvalue weighted by atomic mass is 32.1. The molecule has 0 aromatic carbocycles. The Kier molecular flexibility index (Phi) is 3.50. The molecule has 2 rings (SSSR count). The van der Waals surface area contributed by atoms with Gasteiger partial charge in [0, 0.05) is 6.54 Å². The lowest BCUT2D eigenvalue weighted by Crippen LogP contribution is -2.38. The van der Waals surface area contributed by atoms with Crippen molar-refractivity contribution in [2.24, 2.45) is 5.41 Å². The molecule has 1 aromatic heterocycles. The van der Waals surface area contributed by atoms with Crippen LogP contribution in [0.25, 0.3) is 0 Å². The van der Waals surface area contributed by atoms with Crippen molar-refractivity contribution in [3.8, 4) is 0 Å². The molecule has 0 saturated carbocycles. The van der Waals surface area contributed by atoms with Crippen molar-refractivity contribution in [2.45, 2.75) is 26.2 Å². The molecule has 1 aliphatic rings. The van der Waals surface area contributed by atoms with Crippen LogP contribution < -0.4 is 10.6 Å². The Bertz CT molecular complexity index is 346. The highest BCUT2D eigenvalue weighted by Crippen LogP contribution is 2.32. The van der Waals surface area contributed by atoms with Crippen LogP contribution >= 0.6 is 11.3 Å². The Hall–Kier alpha value is -1.01. The molecule has 0 aliphatic carbocycles. The summed E-state index contributed by atoms with van der Waals surface area (Å²) in [7, 11) is 0. The lowest BCUT2D eigenvalue weighted by molar-refractivity contribution is -0.125. The zero-order valence-electron chi connectivity index (χ0n) is 9.32. The lowest BCUT2D eigenvalue weighted by Gasteiger charge is -2.25. The summed E-state index contributed by atoms with van der Waals surface area (Å²) in [5.41, 5.74) is 1.37. The molecule has 2 N–H and O–H groups in total. The minimum atomic E-state index is -0.250. The zero-order chi connectivity index (χ0) is 11.4. The van der Waals surface area contributed by atoms with Gasteiger partial charge in [-0.1, -0.05) is 24.7 Å². The summed E-state index contributed by atoms with van der Waals surface area (Å²) in [5.74, 6) is 0.0797. The predicted molar refractivity (Wildman–Crippen MR) is 63.4 cm³/mol. The third kappa shape index (κ3) is 2.22. The van der Waals surface area contributed by atoms with Crippen LogP contribution in [0, 0.1) is 5.41 Å². The SMILES string of the molecule is CCCC1(C(=O)Nc2nncs2)CCNC1. The summed E-state index contributed by atoms with van der Waals surface area (Å²) >= 11 is 1.35.